The van der Waals surface area contributed by atoms with E-state index in [0.717, 1.165) is 5.69 Å². The molecule has 1 fully saturated rings. The summed E-state index contributed by atoms with van der Waals surface area (Å²) in [4.78, 5) is 13.7. The van der Waals surface area contributed by atoms with Gasteiger partial charge in [-0.1, -0.05) is 11.6 Å². The number of anilines is 1. The van der Waals surface area contributed by atoms with Crippen LogP contribution in [0.4, 0.5) is 10.1 Å². The third-order valence-electron chi connectivity index (χ3n) is 4.47. The second kappa shape index (κ2) is 7.84. The predicted molar refractivity (Wildman–Crippen MR) is 102 cm³/mol. The molecule has 1 aliphatic heterocycles. The van der Waals surface area contributed by atoms with E-state index < -0.39 is 10.0 Å². The van der Waals surface area contributed by atoms with Crippen LogP contribution in [-0.2, 0) is 10.0 Å². The first-order valence-electron chi connectivity index (χ1n) is 8.35. The number of carbonyl (C=O) groups excluding carboxylic acids is 1. The van der Waals surface area contributed by atoms with Gasteiger partial charge in [-0.3, -0.25) is 4.79 Å². The number of sulfonamides is 1. The van der Waals surface area contributed by atoms with E-state index in [1.54, 1.807) is 12.1 Å². The average Bonchev–Trinajstić information content (AvgIpc) is 2.68. The fraction of sp³-hybridized carbons (Fsp3) is 0.278. The van der Waals surface area contributed by atoms with Crippen LogP contribution in [0, 0.1) is 5.82 Å². The van der Waals surface area contributed by atoms with Crippen LogP contribution >= 0.6 is 11.6 Å². The van der Waals surface area contributed by atoms with Crippen molar-refractivity contribution in [1.29, 1.82) is 0 Å². The summed E-state index contributed by atoms with van der Waals surface area (Å²) >= 11 is 6.10. The Kier molecular flexibility index (Phi) is 5.69. The van der Waals surface area contributed by atoms with Crippen molar-refractivity contribution in [2.24, 2.45) is 0 Å². The van der Waals surface area contributed by atoms with Crippen LogP contribution < -0.4 is 10.2 Å². The highest BCUT2D eigenvalue weighted by molar-refractivity contribution is 7.89. The standard InChI is InChI=1S/C18H19ClFN3O3S/c1-21-18(24)13-2-7-16(19)17(12-13)27(25,26)23-10-8-22(9-11-23)15-5-3-14(20)4-6-15/h2-7,12H,8-11H2,1H3,(H,21,24). The van der Waals surface area contributed by atoms with Gasteiger partial charge in [-0.2, -0.15) is 4.31 Å². The molecule has 27 heavy (non-hydrogen) atoms. The smallest absolute Gasteiger partial charge is 0.251 e. The molecule has 9 heteroatoms. The third kappa shape index (κ3) is 4.07. The topological polar surface area (TPSA) is 69.7 Å². The predicted octanol–water partition coefficient (Wildman–Crippen LogP) is 2.35. The molecule has 0 spiro atoms. The maximum absolute atomic E-state index is 13.1. The number of rotatable bonds is 4. The van der Waals surface area contributed by atoms with Crippen molar-refractivity contribution in [1.82, 2.24) is 9.62 Å². The largest absolute Gasteiger partial charge is 0.369 e. The molecule has 2 aromatic carbocycles. The molecule has 1 aliphatic rings. The van der Waals surface area contributed by atoms with Gasteiger partial charge in [-0.15, -0.1) is 0 Å². The molecule has 0 aromatic heterocycles. The first-order chi connectivity index (χ1) is 12.8. The van der Waals surface area contributed by atoms with Gasteiger partial charge in [0.05, 0.1) is 5.02 Å². The lowest BCUT2D eigenvalue weighted by atomic mass is 10.2. The molecular formula is C18H19ClFN3O3S. The van der Waals surface area contributed by atoms with E-state index in [4.69, 9.17) is 11.6 Å². The van der Waals surface area contributed by atoms with Gasteiger partial charge in [0.2, 0.25) is 10.0 Å². The molecule has 1 amide bonds. The van der Waals surface area contributed by atoms with Crippen LogP contribution in [0.15, 0.2) is 47.4 Å². The molecule has 1 saturated heterocycles. The third-order valence-corrected chi connectivity index (χ3v) is 6.85. The molecule has 3 rings (SSSR count). The number of carbonyl (C=O) groups is 1. The monoisotopic (exact) mass is 411 g/mol. The first-order valence-corrected chi connectivity index (χ1v) is 10.2. The fourth-order valence-corrected chi connectivity index (χ4v) is 4.89. The fourth-order valence-electron chi connectivity index (χ4n) is 2.96. The first kappa shape index (κ1) is 19.6. The number of halogens is 2. The van der Waals surface area contributed by atoms with Crippen molar-refractivity contribution in [3.8, 4) is 0 Å². The summed E-state index contributed by atoms with van der Waals surface area (Å²) in [6.07, 6.45) is 0. The minimum absolute atomic E-state index is 0.0728. The summed E-state index contributed by atoms with van der Waals surface area (Å²) in [7, 11) is -2.36. The summed E-state index contributed by atoms with van der Waals surface area (Å²) in [5, 5.41) is 2.54. The second-order valence-electron chi connectivity index (χ2n) is 6.09. The number of hydrogen-bond donors (Lipinski definition) is 1. The highest BCUT2D eigenvalue weighted by atomic mass is 35.5. The van der Waals surface area contributed by atoms with Crippen molar-refractivity contribution in [3.05, 3.63) is 58.9 Å². The van der Waals surface area contributed by atoms with Crippen LogP contribution in [0.25, 0.3) is 0 Å². The van der Waals surface area contributed by atoms with Gasteiger partial charge in [-0.25, -0.2) is 12.8 Å². The minimum atomic E-state index is -3.83. The number of hydrogen-bond acceptors (Lipinski definition) is 4. The molecule has 0 saturated carbocycles. The molecule has 0 atom stereocenters. The van der Waals surface area contributed by atoms with Gasteiger partial charge in [0.1, 0.15) is 10.7 Å². The summed E-state index contributed by atoms with van der Waals surface area (Å²) < 4.78 is 40.4. The molecule has 2 aromatic rings. The van der Waals surface area contributed by atoms with Gasteiger partial charge in [0.15, 0.2) is 0 Å². The van der Waals surface area contributed by atoms with Crippen LogP contribution in [0.3, 0.4) is 0 Å². The van der Waals surface area contributed by atoms with Crippen molar-refractivity contribution < 1.29 is 17.6 Å². The van der Waals surface area contributed by atoms with Crippen LogP contribution in [-0.4, -0.2) is 51.9 Å². The maximum Gasteiger partial charge on any atom is 0.251 e. The molecule has 0 aliphatic carbocycles. The van der Waals surface area contributed by atoms with Crippen molar-refractivity contribution in [2.75, 3.05) is 38.1 Å². The lowest BCUT2D eigenvalue weighted by Gasteiger charge is -2.35. The average molecular weight is 412 g/mol. The van der Waals surface area contributed by atoms with Gasteiger partial charge >= 0.3 is 0 Å². The Morgan fingerprint density at radius 2 is 1.70 bits per heavy atom. The van der Waals surface area contributed by atoms with Crippen LogP contribution in [0.2, 0.25) is 5.02 Å². The summed E-state index contributed by atoms with van der Waals surface area (Å²) in [6.45, 7) is 1.47. The molecular weight excluding hydrogens is 393 g/mol. The maximum atomic E-state index is 13.1. The van der Waals surface area contributed by atoms with E-state index in [1.807, 2.05) is 4.90 Å². The Labute approximate surface area is 162 Å². The van der Waals surface area contributed by atoms with Crippen molar-refractivity contribution in [2.45, 2.75) is 4.90 Å². The van der Waals surface area contributed by atoms with Crippen molar-refractivity contribution >= 4 is 33.2 Å². The Hall–Kier alpha value is -2.16. The van der Waals surface area contributed by atoms with E-state index in [1.165, 1.54) is 41.7 Å². The molecule has 0 bridgehead atoms. The van der Waals surface area contributed by atoms with Gasteiger partial charge in [0, 0.05) is 44.5 Å². The zero-order valence-electron chi connectivity index (χ0n) is 14.7. The Bertz CT molecular complexity index is 943. The minimum Gasteiger partial charge on any atom is -0.369 e. The van der Waals surface area contributed by atoms with Gasteiger partial charge in [0.25, 0.3) is 5.91 Å². The molecule has 1 heterocycles. The van der Waals surface area contributed by atoms with E-state index in [2.05, 4.69) is 5.32 Å². The van der Waals surface area contributed by atoms with Crippen LogP contribution in [0.1, 0.15) is 10.4 Å². The lowest BCUT2D eigenvalue weighted by Crippen LogP contribution is -2.48. The van der Waals surface area contributed by atoms with E-state index in [0.29, 0.717) is 13.1 Å². The summed E-state index contributed by atoms with van der Waals surface area (Å²) in [5.74, 6) is -0.699. The number of amides is 1. The zero-order chi connectivity index (χ0) is 19.6. The Morgan fingerprint density at radius 1 is 1.07 bits per heavy atom. The molecule has 1 N–H and O–H groups in total. The second-order valence-corrected chi connectivity index (χ2v) is 8.41. The number of piperazine rings is 1. The molecule has 0 unspecified atom stereocenters. The normalized spacial score (nSPS) is 15.6. The van der Waals surface area contributed by atoms with E-state index >= 15 is 0 Å². The highest BCUT2D eigenvalue weighted by Gasteiger charge is 2.30. The van der Waals surface area contributed by atoms with Gasteiger partial charge < -0.3 is 10.2 Å². The summed E-state index contributed by atoms with van der Waals surface area (Å²) in [6, 6.07) is 10.3. The van der Waals surface area contributed by atoms with Crippen LogP contribution in [0.5, 0.6) is 0 Å². The van der Waals surface area contributed by atoms with Crippen molar-refractivity contribution in [3.63, 3.8) is 0 Å². The number of nitrogens with one attached hydrogen (secondary N) is 1. The molecule has 0 radical (unpaired) electrons. The Balaban J connectivity index is 1.79. The molecule has 6 nitrogen and oxygen atoms in total. The van der Waals surface area contributed by atoms with E-state index in [-0.39, 0.29) is 40.3 Å². The zero-order valence-corrected chi connectivity index (χ0v) is 16.2. The summed E-state index contributed by atoms with van der Waals surface area (Å²) in [5.41, 5.74) is 1.07. The van der Waals surface area contributed by atoms with E-state index in [9.17, 15) is 17.6 Å². The Morgan fingerprint density at radius 3 is 2.30 bits per heavy atom. The highest BCUT2D eigenvalue weighted by Crippen LogP contribution is 2.27. The number of benzene rings is 2. The quantitative estimate of drug-likeness (QED) is 0.838. The lowest BCUT2D eigenvalue weighted by molar-refractivity contribution is 0.0963. The number of nitrogens with zero attached hydrogens (tertiary/aromatic N) is 2. The SMILES string of the molecule is CNC(=O)c1ccc(Cl)c(S(=O)(=O)N2CCN(c3ccc(F)cc3)CC2)c1. The molecule has 144 valence electrons. The van der Waals surface area contributed by atoms with Gasteiger partial charge in [-0.05, 0) is 42.5 Å².